The van der Waals surface area contributed by atoms with Gasteiger partial charge in [0.25, 0.3) is 0 Å². The van der Waals surface area contributed by atoms with Gasteiger partial charge in [-0.2, -0.15) is 0 Å². The molecule has 0 saturated heterocycles. The van der Waals surface area contributed by atoms with Crippen LogP contribution in [0.4, 0.5) is 10.5 Å². The Hall–Kier alpha value is -3.22. The zero-order valence-electron chi connectivity index (χ0n) is 19.0. The molecule has 0 aliphatic rings. The third-order valence-corrected chi connectivity index (χ3v) is 5.25. The van der Waals surface area contributed by atoms with Crippen molar-refractivity contribution in [3.63, 3.8) is 0 Å². The fourth-order valence-corrected chi connectivity index (χ4v) is 3.12. The lowest BCUT2D eigenvalue weighted by Gasteiger charge is -2.24. The largest absolute Gasteiger partial charge is 0.493 e. The van der Waals surface area contributed by atoms with Crippen molar-refractivity contribution in [2.45, 2.75) is 39.7 Å². The van der Waals surface area contributed by atoms with Gasteiger partial charge in [-0.05, 0) is 49.1 Å². The van der Waals surface area contributed by atoms with Crippen LogP contribution in [0, 0.1) is 12.8 Å². The summed E-state index contributed by atoms with van der Waals surface area (Å²) < 4.78 is 10.6. The lowest BCUT2D eigenvalue weighted by atomic mass is 9.98. The second-order valence-electron chi connectivity index (χ2n) is 7.56. The number of rotatable bonds is 10. The van der Waals surface area contributed by atoms with E-state index in [0.29, 0.717) is 30.2 Å². The fraction of sp³-hybridized carbons (Fsp3) is 0.417. The summed E-state index contributed by atoms with van der Waals surface area (Å²) in [5, 5.41) is 8.53. The molecule has 2 rings (SSSR count). The molecule has 2 atom stereocenters. The molecule has 0 aliphatic heterocycles. The third kappa shape index (κ3) is 7.20. The minimum atomic E-state index is -0.624. The first kappa shape index (κ1) is 24.1. The summed E-state index contributed by atoms with van der Waals surface area (Å²) in [7, 11) is 3.18. The van der Waals surface area contributed by atoms with Crippen LogP contribution in [-0.4, -0.2) is 38.7 Å². The lowest BCUT2D eigenvalue weighted by Crippen LogP contribution is -2.51. The van der Waals surface area contributed by atoms with E-state index in [4.69, 9.17) is 9.47 Å². The number of benzene rings is 2. The molecule has 0 heterocycles. The van der Waals surface area contributed by atoms with Crippen LogP contribution in [-0.2, 0) is 11.2 Å². The Morgan fingerprint density at radius 3 is 2.29 bits per heavy atom. The number of nitrogens with one attached hydrogen (secondary N) is 3. The molecule has 0 radical (unpaired) electrons. The highest BCUT2D eigenvalue weighted by Gasteiger charge is 2.25. The minimum Gasteiger partial charge on any atom is -0.493 e. The number of carbonyl (C=O) groups is 2. The van der Waals surface area contributed by atoms with Gasteiger partial charge in [0, 0.05) is 12.2 Å². The summed E-state index contributed by atoms with van der Waals surface area (Å²) >= 11 is 0. The van der Waals surface area contributed by atoms with E-state index in [-0.39, 0.29) is 11.8 Å². The van der Waals surface area contributed by atoms with E-state index < -0.39 is 12.1 Å². The molecular formula is C24H33N3O4. The van der Waals surface area contributed by atoms with Crippen molar-refractivity contribution < 1.29 is 19.1 Å². The van der Waals surface area contributed by atoms with Gasteiger partial charge in [0.1, 0.15) is 6.04 Å². The standard InChI is InChI=1S/C24H33N3O4/c1-6-17(3)22(27-24(29)26-19-10-7-16(2)8-11-19)23(28)25-14-13-18-9-12-20(30-4)21(15-18)31-5/h7-12,15,17,22H,6,13-14H2,1-5H3,(H,25,28)(H2,26,27,29). The van der Waals surface area contributed by atoms with Gasteiger partial charge in [-0.25, -0.2) is 4.79 Å². The molecule has 0 aliphatic carbocycles. The summed E-state index contributed by atoms with van der Waals surface area (Å²) in [4.78, 5) is 25.2. The Morgan fingerprint density at radius 2 is 1.68 bits per heavy atom. The summed E-state index contributed by atoms with van der Waals surface area (Å²) in [6.07, 6.45) is 1.40. The fourth-order valence-electron chi connectivity index (χ4n) is 3.12. The highest BCUT2D eigenvalue weighted by molar-refractivity contribution is 5.93. The van der Waals surface area contributed by atoms with Gasteiger partial charge in [-0.1, -0.05) is 44.0 Å². The first-order valence-corrected chi connectivity index (χ1v) is 10.5. The number of methoxy groups -OCH3 is 2. The zero-order valence-corrected chi connectivity index (χ0v) is 19.0. The van der Waals surface area contributed by atoms with Crippen molar-refractivity contribution in [3.8, 4) is 11.5 Å². The van der Waals surface area contributed by atoms with Crippen LogP contribution in [0.1, 0.15) is 31.4 Å². The van der Waals surface area contributed by atoms with Crippen LogP contribution >= 0.6 is 0 Å². The molecule has 0 fully saturated rings. The number of hydrogen-bond donors (Lipinski definition) is 3. The van der Waals surface area contributed by atoms with Crippen LogP contribution in [0.25, 0.3) is 0 Å². The van der Waals surface area contributed by atoms with Gasteiger partial charge in [0.2, 0.25) is 5.91 Å². The van der Waals surface area contributed by atoms with Crippen LogP contribution in [0.5, 0.6) is 11.5 Å². The maximum atomic E-state index is 12.8. The molecule has 7 heteroatoms. The molecular weight excluding hydrogens is 394 g/mol. The maximum Gasteiger partial charge on any atom is 0.319 e. The van der Waals surface area contributed by atoms with Gasteiger partial charge in [-0.15, -0.1) is 0 Å². The smallest absolute Gasteiger partial charge is 0.319 e. The number of anilines is 1. The van der Waals surface area contributed by atoms with E-state index in [1.165, 1.54) is 0 Å². The topological polar surface area (TPSA) is 88.7 Å². The van der Waals surface area contributed by atoms with Gasteiger partial charge in [-0.3, -0.25) is 4.79 Å². The normalized spacial score (nSPS) is 12.4. The van der Waals surface area contributed by atoms with E-state index in [1.54, 1.807) is 14.2 Å². The molecule has 0 saturated carbocycles. The predicted octanol–water partition coefficient (Wildman–Crippen LogP) is 3.91. The van der Waals surface area contributed by atoms with Crippen molar-refractivity contribution in [1.29, 1.82) is 0 Å². The molecule has 0 spiro atoms. The van der Waals surface area contributed by atoms with E-state index in [1.807, 2.05) is 63.2 Å². The Labute approximate surface area is 184 Å². The van der Waals surface area contributed by atoms with E-state index >= 15 is 0 Å². The molecule has 168 valence electrons. The number of ether oxygens (including phenoxy) is 2. The van der Waals surface area contributed by atoms with Crippen LogP contribution in [0.2, 0.25) is 0 Å². The van der Waals surface area contributed by atoms with Crippen molar-refractivity contribution in [1.82, 2.24) is 10.6 Å². The lowest BCUT2D eigenvalue weighted by molar-refractivity contribution is -0.124. The number of urea groups is 1. The molecule has 3 N–H and O–H groups in total. The first-order chi connectivity index (χ1) is 14.9. The summed E-state index contributed by atoms with van der Waals surface area (Å²) in [5.41, 5.74) is 2.81. The van der Waals surface area contributed by atoms with Crippen LogP contribution in [0.3, 0.4) is 0 Å². The minimum absolute atomic E-state index is 0.00940. The zero-order chi connectivity index (χ0) is 22.8. The summed E-state index contributed by atoms with van der Waals surface area (Å²) in [5.74, 6) is 1.10. The van der Waals surface area contributed by atoms with Crippen molar-refractivity contribution in [2.75, 3.05) is 26.1 Å². The highest BCUT2D eigenvalue weighted by Crippen LogP contribution is 2.27. The Morgan fingerprint density at radius 1 is 1.00 bits per heavy atom. The Balaban J connectivity index is 1.93. The number of amides is 3. The number of carbonyl (C=O) groups excluding carboxylic acids is 2. The molecule has 2 aromatic rings. The maximum absolute atomic E-state index is 12.8. The quantitative estimate of drug-likeness (QED) is 0.536. The number of hydrogen-bond acceptors (Lipinski definition) is 4. The first-order valence-electron chi connectivity index (χ1n) is 10.5. The average Bonchev–Trinajstić information content (AvgIpc) is 2.78. The van der Waals surface area contributed by atoms with Gasteiger partial charge in [0.05, 0.1) is 14.2 Å². The van der Waals surface area contributed by atoms with Crippen molar-refractivity contribution in [3.05, 3.63) is 53.6 Å². The second kappa shape index (κ2) is 11.8. The summed E-state index contributed by atoms with van der Waals surface area (Å²) in [6.45, 7) is 6.37. The monoisotopic (exact) mass is 427 g/mol. The molecule has 2 aromatic carbocycles. The Bertz CT molecular complexity index is 868. The van der Waals surface area contributed by atoms with E-state index in [2.05, 4.69) is 16.0 Å². The van der Waals surface area contributed by atoms with Crippen LogP contribution < -0.4 is 25.4 Å². The van der Waals surface area contributed by atoms with E-state index in [0.717, 1.165) is 17.5 Å². The van der Waals surface area contributed by atoms with E-state index in [9.17, 15) is 9.59 Å². The molecule has 7 nitrogen and oxygen atoms in total. The highest BCUT2D eigenvalue weighted by atomic mass is 16.5. The average molecular weight is 428 g/mol. The predicted molar refractivity (Wildman–Crippen MR) is 123 cm³/mol. The molecule has 0 bridgehead atoms. The SMILES string of the molecule is CCC(C)C(NC(=O)Nc1ccc(C)cc1)C(=O)NCCc1ccc(OC)c(OC)c1. The van der Waals surface area contributed by atoms with Crippen molar-refractivity contribution in [2.24, 2.45) is 5.92 Å². The van der Waals surface area contributed by atoms with Crippen LogP contribution in [0.15, 0.2) is 42.5 Å². The second-order valence-corrected chi connectivity index (χ2v) is 7.56. The number of aryl methyl sites for hydroxylation is 1. The third-order valence-electron chi connectivity index (χ3n) is 5.25. The van der Waals surface area contributed by atoms with Gasteiger partial charge >= 0.3 is 6.03 Å². The van der Waals surface area contributed by atoms with Crippen molar-refractivity contribution >= 4 is 17.6 Å². The molecule has 3 amide bonds. The Kier molecular flexibility index (Phi) is 9.18. The molecule has 2 unspecified atom stereocenters. The van der Waals surface area contributed by atoms with Gasteiger partial charge in [0.15, 0.2) is 11.5 Å². The summed E-state index contributed by atoms with van der Waals surface area (Å²) in [6, 6.07) is 12.1. The molecule has 31 heavy (non-hydrogen) atoms. The molecule has 0 aromatic heterocycles. The van der Waals surface area contributed by atoms with Gasteiger partial charge < -0.3 is 25.4 Å².